The van der Waals surface area contributed by atoms with Crippen LogP contribution in [0, 0.1) is 5.82 Å². The normalized spacial score (nSPS) is 21.7. The summed E-state index contributed by atoms with van der Waals surface area (Å²) < 4.78 is 27.8. The molecule has 1 aromatic rings. The van der Waals surface area contributed by atoms with E-state index >= 15 is 0 Å². The van der Waals surface area contributed by atoms with Crippen LogP contribution >= 0.6 is 0 Å². The van der Waals surface area contributed by atoms with Gasteiger partial charge in [0.25, 0.3) is 0 Å². The molecule has 1 unspecified atom stereocenters. The second-order valence-corrected chi connectivity index (χ2v) is 4.81. The zero-order valence-electron chi connectivity index (χ0n) is 9.68. The molecule has 1 aromatic carbocycles. The molecule has 0 saturated heterocycles. The SMILES string of the molecule is CC(F)C1(c2ccccc2F)CCCCC1. The molecule has 88 valence electrons. The quantitative estimate of drug-likeness (QED) is 0.699. The second-order valence-electron chi connectivity index (χ2n) is 4.81. The first-order chi connectivity index (χ1) is 7.67. The smallest absolute Gasteiger partial charge is 0.127 e. The Morgan fingerprint density at radius 1 is 1.12 bits per heavy atom. The Morgan fingerprint density at radius 3 is 2.31 bits per heavy atom. The summed E-state index contributed by atoms with van der Waals surface area (Å²) in [7, 11) is 0. The highest BCUT2D eigenvalue weighted by Gasteiger charge is 2.41. The molecule has 2 heteroatoms. The van der Waals surface area contributed by atoms with Crippen molar-refractivity contribution < 1.29 is 8.78 Å². The minimum Gasteiger partial charge on any atom is -0.247 e. The highest BCUT2D eigenvalue weighted by Crippen LogP contribution is 2.44. The topological polar surface area (TPSA) is 0 Å². The molecule has 0 bridgehead atoms. The summed E-state index contributed by atoms with van der Waals surface area (Å²) in [5.74, 6) is -0.256. The van der Waals surface area contributed by atoms with Gasteiger partial charge in [0.05, 0.1) is 0 Å². The predicted molar refractivity (Wildman–Crippen MR) is 61.7 cm³/mol. The molecule has 1 saturated carbocycles. The van der Waals surface area contributed by atoms with Gasteiger partial charge in [0, 0.05) is 5.41 Å². The van der Waals surface area contributed by atoms with Crippen molar-refractivity contribution in [3.63, 3.8) is 0 Å². The Kier molecular flexibility index (Phi) is 3.27. The van der Waals surface area contributed by atoms with Crippen molar-refractivity contribution in [2.24, 2.45) is 0 Å². The van der Waals surface area contributed by atoms with Crippen molar-refractivity contribution in [2.45, 2.75) is 50.6 Å². The van der Waals surface area contributed by atoms with Crippen molar-refractivity contribution in [2.75, 3.05) is 0 Å². The van der Waals surface area contributed by atoms with Gasteiger partial charge in [-0.3, -0.25) is 0 Å². The fraction of sp³-hybridized carbons (Fsp3) is 0.571. The van der Waals surface area contributed by atoms with Crippen molar-refractivity contribution >= 4 is 0 Å². The molecule has 0 N–H and O–H groups in total. The second kappa shape index (κ2) is 4.52. The van der Waals surface area contributed by atoms with E-state index in [0.29, 0.717) is 5.56 Å². The lowest BCUT2D eigenvalue weighted by molar-refractivity contribution is 0.147. The fourth-order valence-corrected chi connectivity index (χ4v) is 2.93. The summed E-state index contributed by atoms with van der Waals surface area (Å²) in [6, 6.07) is 6.65. The van der Waals surface area contributed by atoms with Crippen LogP contribution in [0.15, 0.2) is 24.3 Å². The standard InChI is InChI=1S/C14H18F2/c1-11(15)14(9-5-2-6-10-14)12-7-3-4-8-13(12)16/h3-4,7-8,11H,2,5-6,9-10H2,1H3. The Morgan fingerprint density at radius 2 is 1.75 bits per heavy atom. The average Bonchev–Trinajstić information content (AvgIpc) is 2.30. The lowest BCUT2D eigenvalue weighted by Gasteiger charge is -2.39. The minimum atomic E-state index is -0.982. The van der Waals surface area contributed by atoms with E-state index in [1.807, 2.05) is 0 Å². The van der Waals surface area contributed by atoms with Gasteiger partial charge in [-0.1, -0.05) is 37.5 Å². The Bertz CT molecular complexity index is 352. The molecule has 0 aliphatic heterocycles. The van der Waals surface area contributed by atoms with E-state index in [2.05, 4.69) is 0 Å². The van der Waals surface area contributed by atoms with Gasteiger partial charge in [0.15, 0.2) is 0 Å². The predicted octanol–water partition coefficient (Wildman–Crippen LogP) is 4.39. The van der Waals surface area contributed by atoms with E-state index in [9.17, 15) is 8.78 Å². The lowest BCUT2D eigenvalue weighted by atomic mass is 9.66. The maximum absolute atomic E-state index is 13.9. The van der Waals surface area contributed by atoms with Gasteiger partial charge >= 0.3 is 0 Å². The van der Waals surface area contributed by atoms with Gasteiger partial charge in [-0.15, -0.1) is 0 Å². The van der Waals surface area contributed by atoms with Gasteiger partial charge in [-0.2, -0.15) is 0 Å². The third-order valence-corrected chi connectivity index (χ3v) is 3.92. The van der Waals surface area contributed by atoms with Gasteiger partial charge in [-0.05, 0) is 31.4 Å². The molecule has 0 amide bonds. The number of alkyl halides is 1. The van der Waals surface area contributed by atoms with Crippen LogP contribution in [-0.2, 0) is 5.41 Å². The van der Waals surface area contributed by atoms with Crippen molar-refractivity contribution in [3.8, 4) is 0 Å². The maximum atomic E-state index is 13.9. The van der Waals surface area contributed by atoms with Crippen LogP contribution in [0.5, 0.6) is 0 Å². The minimum absolute atomic E-state index is 0.256. The molecule has 0 spiro atoms. The number of rotatable bonds is 2. The van der Waals surface area contributed by atoms with Crippen LogP contribution in [0.3, 0.4) is 0 Å². The molecular formula is C14H18F2. The number of halogens is 2. The van der Waals surface area contributed by atoms with Crippen molar-refractivity contribution in [3.05, 3.63) is 35.6 Å². The Labute approximate surface area is 95.7 Å². The molecule has 16 heavy (non-hydrogen) atoms. The van der Waals surface area contributed by atoms with E-state index in [4.69, 9.17) is 0 Å². The van der Waals surface area contributed by atoms with E-state index < -0.39 is 11.6 Å². The summed E-state index contributed by atoms with van der Waals surface area (Å²) in [6.07, 6.45) is 3.70. The number of hydrogen-bond donors (Lipinski definition) is 0. The lowest BCUT2D eigenvalue weighted by Crippen LogP contribution is -2.38. The summed E-state index contributed by atoms with van der Waals surface area (Å²) in [4.78, 5) is 0. The van der Waals surface area contributed by atoms with Crippen LogP contribution < -0.4 is 0 Å². The molecule has 1 fully saturated rings. The first kappa shape index (κ1) is 11.6. The van der Waals surface area contributed by atoms with Gasteiger partial charge < -0.3 is 0 Å². The molecule has 1 aliphatic carbocycles. The summed E-state index contributed by atoms with van der Waals surface area (Å²) in [6.45, 7) is 1.57. The van der Waals surface area contributed by atoms with Crippen LogP contribution in [-0.4, -0.2) is 6.17 Å². The fourth-order valence-electron chi connectivity index (χ4n) is 2.93. The maximum Gasteiger partial charge on any atom is 0.127 e. The number of benzene rings is 1. The van der Waals surface area contributed by atoms with Gasteiger partial charge in [-0.25, -0.2) is 8.78 Å². The van der Waals surface area contributed by atoms with Crippen LogP contribution in [0.4, 0.5) is 8.78 Å². The first-order valence-electron chi connectivity index (χ1n) is 6.06. The molecule has 2 rings (SSSR count). The Balaban J connectivity index is 2.43. The molecule has 0 radical (unpaired) electrons. The molecule has 1 atom stereocenters. The van der Waals surface area contributed by atoms with E-state index in [-0.39, 0.29) is 5.82 Å². The van der Waals surface area contributed by atoms with Gasteiger partial charge in [0.1, 0.15) is 12.0 Å². The Hall–Kier alpha value is -0.920. The third-order valence-electron chi connectivity index (χ3n) is 3.92. The zero-order valence-corrected chi connectivity index (χ0v) is 9.68. The molecular weight excluding hydrogens is 206 g/mol. The average molecular weight is 224 g/mol. The van der Waals surface area contributed by atoms with E-state index in [0.717, 1.165) is 32.1 Å². The van der Waals surface area contributed by atoms with E-state index in [1.165, 1.54) is 6.07 Å². The highest BCUT2D eigenvalue weighted by atomic mass is 19.1. The van der Waals surface area contributed by atoms with Crippen LogP contribution in [0.25, 0.3) is 0 Å². The molecule has 0 heterocycles. The molecule has 0 aromatic heterocycles. The summed E-state index contributed by atoms with van der Waals surface area (Å²) in [5.41, 5.74) is -0.00597. The largest absolute Gasteiger partial charge is 0.247 e. The monoisotopic (exact) mass is 224 g/mol. The summed E-state index contributed by atoms with van der Waals surface area (Å²) in [5, 5.41) is 0. The zero-order chi connectivity index (χ0) is 11.6. The van der Waals surface area contributed by atoms with E-state index in [1.54, 1.807) is 25.1 Å². The summed E-state index contributed by atoms with van der Waals surface area (Å²) >= 11 is 0. The number of hydrogen-bond acceptors (Lipinski definition) is 0. The van der Waals surface area contributed by atoms with Crippen LogP contribution in [0.2, 0.25) is 0 Å². The molecule has 1 aliphatic rings. The molecule has 0 nitrogen and oxygen atoms in total. The highest BCUT2D eigenvalue weighted by molar-refractivity contribution is 5.29. The van der Waals surface area contributed by atoms with Crippen molar-refractivity contribution in [1.29, 1.82) is 0 Å². The van der Waals surface area contributed by atoms with Crippen LogP contribution in [0.1, 0.15) is 44.6 Å². The van der Waals surface area contributed by atoms with Crippen molar-refractivity contribution in [1.82, 2.24) is 0 Å². The third kappa shape index (κ3) is 1.85. The first-order valence-corrected chi connectivity index (χ1v) is 6.06. The van der Waals surface area contributed by atoms with Gasteiger partial charge in [0.2, 0.25) is 0 Å².